The van der Waals surface area contributed by atoms with Crippen LogP contribution >= 0.6 is 0 Å². The highest BCUT2D eigenvalue weighted by atomic mass is 16.5. The third-order valence-corrected chi connectivity index (χ3v) is 4.04. The molecule has 1 heterocycles. The van der Waals surface area contributed by atoms with Crippen molar-refractivity contribution in [3.05, 3.63) is 89.7 Å². The molecule has 0 radical (unpaired) electrons. The molecule has 0 saturated carbocycles. The molecule has 1 amide bonds. The van der Waals surface area contributed by atoms with Gasteiger partial charge in [0, 0.05) is 36.5 Å². The summed E-state index contributed by atoms with van der Waals surface area (Å²) in [6.07, 6.45) is 4.19. The summed E-state index contributed by atoms with van der Waals surface area (Å²) < 4.78 is 5.75. The molecule has 4 heteroatoms. The van der Waals surface area contributed by atoms with Gasteiger partial charge in [-0.15, -0.1) is 0 Å². The van der Waals surface area contributed by atoms with Crippen molar-refractivity contribution in [1.29, 1.82) is 0 Å². The fraction of sp³-hybridized carbons (Fsp3) is 0.167. The lowest BCUT2D eigenvalue weighted by atomic mass is 10.0. The average Bonchev–Trinajstić information content (AvgIpc) is 2.69. The van der Waals surface area contributed by atoms with Gasteiger partial charge in [-0.05, 0) is 67.4 Å². The SMILES string of the molecule is CC(=O)NC(C)Cc1ccc(C#Cc2ccc(Oc3ccncc3)cc2)cc1. The Morgan fingerprint density at radius 1 is 0.929 bits per heavy atom. The van der Waals surface area contributed by atoms with Gasteiger partial charge >= 0.3 is 0 Å². The summed E-state index contributed by atoms with van der Waals surface area (Å²) in [6, 6.07) is 19.5. The molecule has 4 nitrogen and oxygen atoms in total. The molecule has 0 aliphatic heterocycles. The van der Waals surface area contributed by atoms with Gasteiger partial charge in [-0.25, -0.2) is 0 Å². The van der Waals surface area contributed by atoms with Gasteiger partial charge in [0.15, 0.2) is 0 Å². The highest BCUT2D eigenvalue weighted by Crippen LogP contribution is 2.20. The van der Waals surface area contributed by atoms with Crippen molar-refractivity contribution in [1.82, 2.24) is 10.3 Å². The maximum atomic E-state index is 11.1. The van der Waals surface area contributed by atoms with E-state index in [0.717, 1.165) is 29.0 Å². The van der Waals surface area contributed by atoms with Crippen LogP contribution in [0, 0.1) is 11.8 Å². The number of carbonyl (C=O) groups is 1. The number of nitrogens with zero attached hydrogens (tertiary/aromatic N) is 1. The molecule has 1 unspecified atom stereocenters. The van der Waals surface area contributed by atoms with Crippen LogP contribution in [0.1, 0.15) is 30.5 Å². The number of benzene rings is 2. The smallest absolute Gasteiger partial charge is 0.217 e. The summed E-state index contributed by atoms with van der Waals surface area (Å²) in [5.41, 5.74) is 3.04. The van der Waals surface area contributed by atoms with Crippen molar-refractivity contribution in [2.24, 2.45) is 0 Å². The molecular formula is C24H22N2O2. The Morgan fingerprint density at radius 2 is 1.46 bits per heavy atom. The van der Waals surface area contributed by atoms with E-state index in [4.69, 9.17) is 4.74 Å². The van der Waals surface area contributed by atoms with Crippen LogP contribution in [0.3, 0.4) is 0 Å². The second-order valence-corrected chi connectivity index (χ2v) is 6.56. The maximum absolute atomic E-state index is 11.1. The predicted molar refractivity (Wildman–Crippen MR) is 110 cm³/mol. The van der Waals surface area contributed by atoms with E-state index < -0.39 is 0 Å². The van der Waals surface area contributed by atoms with Crippen molar-refractivity contribution < 1.29 is 9.53 Å². The fourth-order valence-electron chi connectivity index (χ4n) is 2.77. The first-order valence-corrected chi connectivity index (χ1v) is 9.14. The van der Waals surface area contributed by atoms with E-state index in [1.807, 2.05) is 67.6 Å². The zero-order valence-electron chi connectivity index (χ0n) is 16.0. The summed E-state index contributed by atoms with van der Waals surface area (Å²) in [4.78, 5) is 15.1. The molecule has 1 aromatic heterocycles. The van der Waals surface area contributed by atoms with Crippen LogP contribution in [0.5, 0.6) is 11.5 Å². The molecule has 28 heavy (non-hydrogen) atoms. The Hall–Kier alpha value is -3.58. The van der Waals surface area contributed by atoms with E-state index in [-0.39, 0.29) is 11.9 Å². The number of aromatic nitrogens is 1. The van der Waals surface area contributed by atoms with E-state index in [1.54, 1.807) is 12.4 Å². The summed E-state index contributed by atoms with van der Waals surface area (Å²) in [6.45, 7) is 3.53. The molecule has 1 N–H and O–H groups in total. The lowest BCUT2D eigenvalue weighted by molar-refractivity contribution is -0.119. The van der Waals surface area contributed by atoms with Crippen LogP contribution in [-0.2, 0) is 11.2 Å². The standard InChI is InChI=1S/C24H22N2O2/c1-18(26-19(2)27)17-22-7-5-20(6-8-22)3-4-21-9-11-23(12-10-21)28-24-13-15-25-16-14-24/h5-16,18H,17H2,1-2H3,(H,26,27). The molecule has 0 spiro atoms. The van der Waals surface area contributed by atoms with Crippen LogP contribution in [0.2, 0.25) is 0 Å². The van der Waals surface area contributed by atoms with E-state index in [2.05, 4.69) is 22.1 Å². The zero-order valence-corrected chi connectivity index (χ0v) is 16.0. The van der Waals surface area contributed by atoms with Gasteiger partial charge in [-0.2, -0.15) is 0 Å². The molecule has 3 aromatic rings. The van der Waals surface area contributed by atoms with Crippen molar-refractivity contribution in [2.75, 3.05) is 0 Å². The Labute approximate surface area is 165 Å². The van der Waals surface area contributed by atoms with Crippen molar-refractivity contribution in [3.8, 4) is 23.3 Å². The number of rotatable bonds is 5. The minimum absolute atomic E-state index is 0.00724. The van der Waals surface area contributed by atoms with Crippen LogP contribution in [-0.4, -0.2) is 16.9 Å². The molecule has 0 aliphatic rings. The number of nitrogens with one attached hydrogen (secondary N) is 1. The van der Waals surface area contributed by atoms with Crippen molar-refractivity contribution in [2.45, 2.75) is 26.3 Å². The van der Waals surface area contributed by atoms with E-state index in [1.165, 1.54) is 12.5 Å². The van der Waals surface area contributed by atoms with Gasteiger partial charge < -0.3 is 10.1 Å². The number of carbonyl (C=O) groups excluding carboxylic acids is 1. The highest BCUT2D eigenvalue weighted by molar-refractivity contribution is 5.73. The van der Waals surface area contributed by atoms with Crippen LogP contribution in [0.15, 0.2) is 73.1 Å². The third-order valence-electron chi connectivity index (χ3n) is 4.04. The number of pyridine rings is 1. The largest absolute Gasteiger partial charge is 0.457 e. The maximum Gasteiger partial charge on any atom is 0.217 e. The molecule has 3 rings (SSSR count). The molecule has 1 atom stereocenters. The van der Waals surface area contributed by atoms with Crippen LogP contribution in [0.25, 0.3) is 0 Å². The first kappa shape index (κ1) is 19.2. The monoisotopic (exact) mass is 370 g/mol. The number of hydrogen-bond donors (Lipinski definition) is 1. The zero-order chi connectivity index (χ0) is 19.8. The quantitative estimate of drug-likeness (QED) is 0.680. The lowest BCUT2D eigenvalue weighted by Crippen LogP contribution is -2.31. The van der Waals surface area contributed by atoms with Crippen LogP contribution < -0.4 is 10.1 Å². The first-order chi connectivity index (χ1) is 13.6. The second-order valence-electron chi connectivity index (χ2n) is 6.56. The third kappa shape index (κ3) is 6.00. The van der Waals surface area contributed by atoms with Gasteiger partial charge in [0.2, 0.25) is 5.91 Å². The van der Waals surface area contributed by atoms with Crippen molar-refractivity contribution >= 4 is 5.91 Å². The number of amides is 1. The molecule has 0 aliphatic carbocycles. The molecule has 2 aromatic carbocycles. The number of ether oxygens (including phenoxy) is 1. The highest BCUT2D eigenvalue weighted by Gasteiger charge is 2.04. The summed E-state index contributed by atoms with van der Waals surface area (Å²) in [7, 11) is 0. The lowest BCUT2D eigenvalue weighted by Gasteiger charge is -2.12. The van der Waals surface area contributed by atoms with Crippen molar-refractivity contribution in [3.63, 3.8) is 0 Å². The molecular weight excluding hydrogens is 348 g/mol. The first-order valence-electron chi connectivity index (χ1n) is 9.14. The fourth-order valence-corrected chi connectivity index (χ4v) is 2.77. The molecule has 0 saturated heterocycles. The minimum atomic E-state index is -0.00724. The van der Waals surface area contributed by atoms with Gasteiger partial charge in [0.25, 0.3) is 0 Å². The normalized spacial score (nSPS) is 11.1. The minimum Gasteiger partial charge on any atom is -0.457 e. The topological polar surface area (TPSA) is 51.2 Å². The number of hydrogen-bond acceptors (Lipinski definition) is 3. The van der Waals surface area contributed by atoms with E-state index in [9.17, 15) is 4.79 Å². The Bertz CT molecular complexity index is 969. The second kappa shape index (κ2) is 9.38. The van der Waals surface area contributed by atoms with Crippen LogP contribution in [0.4, 0.5) is 0 Å². The van der Waals surface area contributed by atoms with Gasteiger partial charge in [0.05, 0.1) is 0 Å². The summed E-state index contributed by atoms with van der Waals surface area (Å²) in [5.74, 6) is 7.84. The Kier molecular flexibility index (Phi) is 6.43. The van der Waals surface area contributed by atoms with E-state index >= 15 is 0 Å². The Balaban J connectivity index is 1.59. The molecule has 0 bridgehead atoms. The Morgan fingerprint density at radius 3 is 2.04 bits per heavy atom. The predicted octanol–water partition coefficient (Wildman–Crippen LogP) is 4.34. The van der Waals surface area contributed by atoms with Gasteiger partial charge in [-0.3, -0.25) is 9.78 Å². The van der Waals surface area contributed by atoms with Gasteiger partial charge in [0.1, 0.15) is 11.5 Å². The average molecular weight is 370 g/mol. The molecule has 140 valence electrons. The molecule has 0 fully saturated rings. The summed E-state index contributed by atoms with van der Waals surface area (Å²) >= 11 is 0. The summed E-state index contributed by atoms with van der Waals surface area (Å²) in [5, 5.41) is 2.89. The van der Waals surface area contributed by atoms with Gasteiger partial charge in [-0.1, -0.05) is 24.0 Å². The van der Waals surface area contributed by atoms with E-state index in [0.29, 0.717) is 0 Å².